The molecule has 89 heavy (non-hydrogen) atoms. The Balaban J connectivity index is 5.56. The normalized spacial score (nSPS) is 14.8. The van der Waals surface area contributed by atoms with Gasteiger partial charge in [-0.3, -0.25) is 28.3 Å². The Bertz CT molecular complexity index is 1980. The van der Waals surface area contributed by atoms with Crippen molar-refractivity contribution in [2.75, 3.05) is 202 Å². The molecule has 8 N–H and O–H groups in total. The van der Waals surface area contributed by atoms with E-state index in [4.69, 9.17) is 62.6 Å². The van der Waals surface area contributed by atoms with Crippen LogP contribution in [0.4, 0.5) is 0 Å². The zero-order valence-electron chi connectivity index (χ0n) is 55.0. The highest BCUT2D eigenvalue weighted by molar-refractivity contribution is 7.86. The highest BCUT2D eigenvalue weighted by atomic mass is 32.2. The van der Waals surface area contributed by atoms with Gasteiger partial charge in [-0.15, -0.1) is 0 Å². The number of aliphatic hydroxyl groups is 2. The summed E-state index contributed by atoms with van der Waals surface area (Å²) in [4.78, 5) is 51.8. The van der Waals surface area contributed by atoms with Crippen LogP contribution in [0, 0.1) is 0 Å². The second kappa shape index (κ2) is 46.9. The summed E-state index contributed by atoms with van der Waals surface area (Å²) in [5.74, 6) is -4.57. The molecule has 0 aromatic carbocycles. The van der Waals surface area contributed by atoms with E-state index in [0.29, 0.717) is 95.1 Å². The summed E-state index contributed by atoms with van der Waals surface area (Å²) < 4.78 is 145. The Morgan fingerprint density at radius 2 is 0.607 bits per heavy atom. The van der Waals surface area contributed by atoms with Gasteiger partial charge in [0, 0.05) is 161 Å². The number of carbonyl (C=O) groups excluding carboxylic acids is 4. The molecule has 4 amide bonds. The zero-order chi connectivity index (χ0) is 67.5. The molecule has 0 radical (unpaired) electrons. The van der Waals surface area contributed by atoms with Gasteiger partial charge in [-0.25, -0.2) is 0 Å². The van der Waals surface area contributed by atoms with Crippen LogP contribution >= 0.6 is 0 Å². The van der Waals surface area contributed by atoms with Crippen molar-refractivity contribution >= 4 is 79.1 Å². The number of nitrogens with one attached hydrogen (secondary N) is 4. The minimum Gasteiger partial charge on any atom is -0.385 e. The van der Waals surface area contributed by atoms with Crippen molar-refractivity contribution in [1.29, 1.82) is 0 Å². The quantitative estimate of drug-likeness (QED) is 0.0124. The van der Waals surface area contributed by atoms with Crippen LogP contribution in [0.5, 0.6) is 0 Å². The molecular formula is C51H112N6O26S2Si4+2. The Labute approximate surface area is 533 Å². The largest absolute Gasteiger partial charge is 0.500 e. The number of aliphatic hydroxyl groups excluding tert-OH is 2. The van der Waals surface area contributed by atoms with Crippen LogP contribution < -0.4 is 21.3 Å². The molecule has 38 heteroatoms. The SMILES string of the molecule is CO[Si](CCCOCC(O)C[N+](CCC[Si](OC)(OC)OC)(CCCS(=O)(=O)O)CCNC(=O)C(=O)NCCCCCCCNC(=O)C(=O)NCC[N+](CCC[Si](OC)(OC)OC)(CCCS(=O)(=O)O)CC(O)COCCC[Si](OC)(OC)OC)(OC)OC. The number of unbranched alkanes of at least 4 members (excludes halogenated alkanes) is 4. The number of carbonyl (C=O) groups is 4. The second-order valence-corrected chi connectivity index (χ2v) is 37.0. The van der Waals surface area contributed by atoms with Crippen molar-refractivity contribution in [3.05, 3.63) is 0 Å². The molecule has 0 aromatic heterocycles. The van der Waals surface area contributed by atoms with Gasteiger partial charge in [-0.1, -0.05) is 19.3 Å². The summed E-state index contributed by atoms with van der Waals surface area (Å²) in [6, 6.07) is 1.69. The van der Waals surface area contributed by atoms with E-state index in [-0.39, 0.29) is 114 Å². The molecule has 0 spiro atoms. The predicted molar refractivity (Wildman–Crippen MR) is 335 cm³/mol. The number of ether oxygens (including phenoxy) is 2. The molecule has 0 aliphatic carbocycles. The van der Waals surface area contributed by atoms with E-state index in [1.54, 1.807) is 0 Å². The molecule has 0 aromatic rings. The van der Waals surface area contributed by atoms with Gasteiger partial charge in [0.2, 0.25) is 0 Å². The van der Waals surface area contributed by atoms with E-state index in [2.05, 4.69) is 21.3 Å². The average molecular weight is 1400 g/mol. The molecule has 0 rings (SSSR count). The average Bonchev–Trinajstić information content (AvgIpc) is 2.04. The lowest BCUT2D eigenvalue weighted by Gasteiger charge is -2.41. The molecule has 0 aliphatic heterocycles. The molecule has 0 bridgehead atoms. The fraction of sp³-hybridized carbons (Fsp3) is 0.922. The highest BCUT2D eigenvalue weighted by Gasteiger charge is 2.42. The molecule has 4 atom stereocenters. The number of hydrogen-bond acceptors (Lipinski definition) is 24. The molecule has 0 fully saturated rings. The minimum atomic E-state index is -4.33. The van der Waals surface area contributed by atoms with Crippen LogP contribution in [0.25, 0.3) is 0 Å². The third-order valence-corrected chi connectivity index (χ3v) is 28.4. The van der Waals surface area contributed by atoms with Gasteiger partial charge in [0.1, 0.15) is 25.3 Å². The fourth-order valence-corrected chi connectivity index (χ4v) is 18.2. The zero-order valence-corrected chi connectivity index (χ0v) is 60.6. The molecule has 0 aliphatic rings. The van der Waals surface area contributed by atoms with E-state index in [1.807, 2.05) is 0 Å². The van der Waals surface area contributed by atoms with Gasteiger partial charge in [-0.2, -0.15) is 16.8 Å². The maximum Gasteiger partial charge on any atom is 0.500 e. The van der Waals surface area contributed by atoms with Gasteiger partial charge in [0.25, 0.3) is 20.2 Å². The summed E-state index contributed by atoms with van der Waals surface area (Å²) in [6.45, 7) is 2.21. The smallest absolute Gasteiger partial charge is 0.385 e. The number of nitrogens with zero attached hydrogens (tertiary/aromatic N) is 2. The van der Waals surface area contributed by atoms with E-state index in [0.717, 1.165) is 0 Å². The summed E-state index contributed by atoms with van der Waals surface area (Å²) in [5.41, 5.74) is 0. The number of hydrogen-bond donors (Lipinski definition) is 8. The maximum atomic E-state index is 13.0. The molecule has 528 valence electrons. The molecule has 0 saturated heterocycles. The van der Waals surface area contributed by atoms with Crippen molar-refractivity contribution in [2.24, 2.45) is 0 Å². The standard InChI is InChI=1S/C51H110N6O26S2Si4/c1-70-86(71-2,72-3)38-20-30-56(28-18-36-84(64,65)66,42-46(58)44-82-34-22-40-88(76-7,77-8)78-9)32-26-54-50(62)48(60)52-24-16-14-13-15-17-25-53-49(61)51(63)55-27-33-57(29-19-37-85(67,68)69,31-21-39-87(73-4,74-5)75-6)43-47(59)45-83-35-23-41-89(79-10,80-11)81-12/h46-47,58-59H,13-45H2,1-12H3,(H4-2,52,53,54,55,60,61,62,63,64,65,66,67,68,69)/p+2. The first-order valence-electron chi connectivity index (χ1n) is 29.9. The Morgan fingerprint density at radius 3 is 0.876 bits per heavy atom. The maximum absolute atomic E-state index is 13.0. The monoisotopic (exact) mass is 1400 g/mol. The minimum absolute atomic E-state index is 0.0185. The fourth-order valence-electron chi connectivity index (χ4n) is 10.4. The third kappa shape index (κ3) is 36.9. The van der Waals surface area contributed by atoms with Gasteiger partial charge >= 0.3 is 58.8 Å². The molecule has 32 nitrogen and oxygen atoms in total. The first-order valence-corrected chi connectivity index (χ1v) is 40.9. The van der Waals surface area contributed by atoms with Crippen LogP contribution in [-0.4, -0.2) is 318 Å². The van der Waals surface area contributed by atoms with Gasteiger partial charge in [0.05, 0.1) is 77.1 Å². The lowest BCUT2D eigenvalue weighted by molar-refractivity contribution is -0.929. The van der Waals surface area contributed by atoms with Crippen LogP contribution in [0.3, 0.4) is 0 Å². The van der Waals surface area contributed by atoms with Crippen molar-refractivity contribution in [3.63, 3.8) is 0 Å². The van der Waals surface area contributed by atoms with Crippen LogP contribution in [0.2, 0.25) is 24.2 Å². The lowest BCUT2D eigenvalue weighted by atomic mass is 10.1. The van der Waals surface area contributed by atoms with E-state index >= 15 is 0 Å². The van der Waals surface area contributed by atoms with Gasteiger partial charge in [-0.05, 0) is 25.7 Å². The molecule has 4 unspecified atom stereocenters. The third-order valence-electron chi connectivity index (χ3n) is 15.5. The first-order chi connectivity index (χ1) is 42.1. The van der Waals surface area contributed by atoms with E-state index < -0.39 is 103 Å². The number of amides is 4. The summed E-state index contributed by atoms with van der Waals surface area (Å²) >= 11 is 0. The molecule has 0 saturated carbocycles. The number of quaternary nitrogens is 2. The lowest BCUT2D eigenvalue weighted by Crippen LogP contribution is -2.58. The Hall–Kier alpha value is -2.15. The van der Waals surface area contributed by atoms with Gasteiger partial charge in [0.15, 0.2) is 0 Å². The molecular weight excluding hydrogens is 1290 g/mol. The topological polar surface area (TPSA) is 395 Å². The van der Waals surface area contributed by atoms with Crippen LogP contribution in [0.15, 0.2) is 0 Å². The Kier molecular flexibility index (Phi) is 45.7. The highest BCUT2D eigenvalue weighted by Crippen LogP contribution is 2.23. The first kappa shape index (κ1) is 86.8. The summed E-state index contributed by atoms with van der Waals surface area (Å²) in [7, 11) is -2.51. The van der Waals surface area contributed by atoms with Crippen molar-refractivity contribution in [1.82, 2.24) is 21.3 Å². The number of rotatable bonds is 58. The summed E-state index contributed by atoms with van der Waals surface area (Å²) in [5, 5.41) is 33.2. The van der Waals surface area contributed by atoms with Crippen molar-refractivity contribution in [2.45, 2.75) is 107 Å². The van der Waals surface area contributed by atoms with Crippen LogP contribution in [-0.2, 0) is 102 Å². The van der Waals surface area contributed by atoms with E-state index in [1.165, 1.54) is 85.3 Å². The Morgan fingerprint density at radius 1 is 0.360 bits per heavy atom. The van der Waals surface area contributed by atoms with Crippen LogP contribution in [0.1, 0.15) is 70.6 Å². The molecule has 0 heterocycles. The van der Waals surface area contributed by atoms with E-state index in [9.17, 15) is 55.3 Å². The van der Waals surface area contributed by atoms with Gasteiger partial charge < -0.3 is 103 Å². The summed E-state index contributed by atoms with van der Waals surface area (Å²) in [6.07, 6.45) is 3.04. The predicted octanol–water partition coefficient (Wildman–Crippen LogP) is -0.581. The van der Waals surface area contributed by atoms with Crippen molar-refractivity contribution < 1.29 is 127 Å². The van der Waals surface area contributed by atoms with Crippen molar-refractivity contribution in [3.8, 4) is 0 Å². The second-order valence-electron chi connectivity index (χ2n) is 21.5.